The van der Waals surface area contributed by atoms with Crippen molar-refractivity contribution in [3.63, 3.8) is 0 Å². The molecule has 3 heteroatoms. The minimum Gasteiger partial charge on any atom is -0.403 e. The summed E-state index contributed by atoms with van der Waals surface area (Å²) in [6, 6.07) is 0. The molecule has 1 aliphatic rings. The van der Waals surface area contributed by atoms with Gasteiger partial charge in [0.1, 0.15) is 0 Å². The van der Waals surface area contributed by atoms with E-state index in [2.05, 4.69) is 4.84 Å². The lowest BCUT2D eigenvalue weighted by atomic mass is 10.3. The third-order valence-electron chi connectivity index (χ3n) is 0.984. The Balaban J connectivity index is 2.64. The molecule has 0 bridgehead atoms. The molecule has 0 radical (unpaired) electrons. The predicted molar refractivity (Wildman–Crippen MR) is 24.9 cm³/mol. The fourth-order valence-electron chi connectivity index (χ4n) is 0.478. The van der Waals surface area contributed by atoms with Crippen molar-refractivity contribution in [2.75, 3.05) is 6.61 Å². The molecule has 1 aliphatic heterocycles. The summed E-state index contributed by atoms with van der Waals surface area (Å²) in [6.07, 6.45) is 0.781. The summed E-state index contributed by atoms with van der Waals surface area (Å²) in [5.41, 5.74) is 0.764. The molecule has 0 unspecified atom stereocenters. The van der Waals surface area contributed by atoms with Crippen LogP contribution in [0.4, 0.5) is 0 Å². The van der Waals surface area contributed by atoms with E-state index in [0.717, 1.165) is 12.1 Å². The van der Waals surface area contributed by atoms with Gasteiger partial charge in [-0.05, 0) is 0 Å². The van der Waals surface area contributed by atoms with E-state index >= 15 is 0 Å². The molecule has 1 rings (SSSR count). The Labute approximate surface area is 41.7 Å². The molecule has 40 valence electrons. The molecule has 0 aliphatic carbocycles. The Kier molecular flexibility index (Phi) is 0.889. The third kappa shape index (κ3) is 0.656. The fourth-order valence-corrected chi connectivity index (χ4v) is 0.478. The van der Waals surface area contributed by atoms with Crippen LogP contribution in [0.15, 0.2) is 0 Å². The van der Waals surface area contributed by atoms with Crippen molar-refractivity contribution in [2.45, 2.75) is 13.3 Å². The molecule has 0 atom stereocenters. The molecule has 7 heavy (non-hydrogen) atoms. The van der Waals surface area contributed by atoms with Gasteiger partial charge in [0.15, 0.2) is 0 Å². The van der Waals surface area contributed by atoms with Gasteiger partial charge in [0.05, 0.1) is 6.61 Å². The van der Waals surface area contributed by atoms with Crippen LogP contribution in [0.3, 0.4) is 0 Å². The quantitative estimate of drug-likeness (QED) is 0.411. The Bertz CT molecular complexity index is 96.3. The van der Waals surface area contributed by atoms with Crippen LogP contribution in [0.1, 0.15) is 13.3 Å². The standard InChI is InChI=1S/C4H7NO2/c1-4-2-3-7-5(4)6/h2-3H2,1H3. The van der Waals surface area contributed by atoms with Crippen molar-refractivity contribution in [1.29, 1.82) is 0 Å². The predicted octanol–water partition coefficient (Wildman–Crippen LogP) is 0.293. The SMILES string of the molecule is CC1=[N+]([O-])OCC1. The van der Waals surface area contributed by atoms with Gasteiger partial charge in [0.25, 0.3) is 0 Å². The van der Waals surface area contributed by atoms with Gasteiger partial charge in [-0.25, -0.2) is 0 Å². The van der Waals surface area contributed by atoms with E-state index in [1.165, 1.54) is 0 Å². The van der Waals surface area contributed by atoms with Gasteiger partial charge >= 0.3 is 0 Å². The first-order chi connectivity index (χ1) is 3.30. The van der Waals surface area contributed by atoms with Crippen LogP contribution in [-0.2, 0) is 4.84 Å². The lowest BCUT2D eigenvalue weighted by molar-refractivity contribution is -0.730. The zero-order valence-electron chi connectivity index (χ0n) is 4.18. The Morgan fingerprint density at radius 3 is 2.71 bits per heavy atom. The van der Waals surface area contributed by atoms with E-state index in [1.54, 1.807) is 6.92 Å². The average molecular weight is 101 g/mol. The maximum Gasteiger partial charge on any atom is 0.220 e. The third-order valence-corrected chi connectivity index (χ3v) is 0.984. The normalized spacial score (nSPS) is 20.1. The Hall–Kier alpha value is -0.730. The van der Waals surface area contributed by atoms with Crippen molar-refractivity contribution < 1.29 is 9.74 Å². The lowest BCUT2D eigenvalue weighted by Crippen LogP contribution is -2.00. The molecule has 0 saturated carbocycles. The van der Waals surface area contributed by atoms with Crippen LogP contribution < -0.4 is 0 Å². The molecule has 0 N–H and O–H groups in total. The van der Waals surface area contributed by atoms with Gasteiger partial charge in [-0.1, -0.05) is 0 Å². The summed E-state index contributed by atoms with van der Waals surface area (Å²) in [5.74, 6) is 0. The summed E-state index contributed by atoms with van der Waals surface area (Å²) in [4.78, 5) is 5.08. The summed E-state index contributed by atoms with van der Waals surface area (Å²) < 4.78 is 0. The maximum atomic E-state index is 10.2. The van der Waals surface area contributed by atoms with Crippen LogP contribution in [0.2, 0.25) is 0 Å². The molecule has 0 saturated heterocycles. The van der Waals surface area contributed by atoms with Crippen LogP contribution >= 0.6 is 0 Å². The second-order valence-corrected chi connectivity index (χ2v) is 1.58. The minimum absolute atomic E-state index is 0.551. The maximum absolute atomic E-state index is 10.2. The molecule has 1 heterocycles. The summed E-state index contributed by atoms with van der Waals surface area (Å²) >= 11 is 0. The van der Waals surface area contributed by atoms with Gasteiger partial charge in [-0.15, -0.1) is 0 Å². The van der Waals surface area contributed by atoms with Crippen LogP contribution in [-0.4, -0.2) is 17.2 Å². The van der Waals surface area contributed by atoms with Gasteiger partial charge in [0, 0.05) is 18.2 Å². The number of hydrogen-bond donors (Lipinski definition) is 0. The average Bonchev–Trinajstić information content (AvgIpc) is 1.91. The molecule has 0 fully saturated rings. The highest BCUT2D eigenvalue weighted by Crippen LogP contribution is 1.96. The van der Waals surface area contributed by atoms with Crippen LogP contribution in [0.5, 0.6) is 0 Å². The topological polar surface area (TPSA) is 35.3 Å². The van der Waals surface area contributed by atoms with Crippen molar-refractivity contribution in [2.24, 2.45) is 0 Å². The second kappa shape index (κ2) is 1.40. The molecular formula is C4H7NO2. The molecule has 3 nitrogen and oxygen atoms in total. The summed E-state index contributed by atoms with van der Waals surface area (Å²) in [7, 11) is 0. The monoisotopic (exact) mass is 101 g/mol. The van der Waals surface area contributed by atoms with Gasteiger partial charge in [-0.3, -0.25) is 5.21 Å². The molecule has 0 aromatic carbocycles. The highest BCUT2D eigenvalue weighted by Gasteiger charge is 2.10. The molecule has 0 aromatic heterocycles. The highest BCUT2D eigenvalue weighted by molar-refractivity contribution is 5.77. The van der Waals surface area contributed by atoms with Gasteiger partial charge in [-0.2, -0.15) is 0 Å². The molecule has 0 amide bonds. The molecule has 0 spiro atoms. The Morgan fingerprint density at radius 2 is 2.57 bits per heavy atom. The van der Waals surface area contributed by atoms with Crippen LogP contribution in [0.25, 0.3) is 0 Å². The van der Waals surface area contributed by atoms with E-state index in [-0.39, 0.29) is 0 Å². The smallest absolute Gasteiger partial charge is 0.220 e. The highest BCUT2D eigenvalue weighted by atomic mass is 16.9. The Morgan fingerprint density at radius 1 is 1.86 bits per heavy atom. The van der Waals surface area contributed by atoms with Crippen molar-refractivity contribution in [3.8, 4) is 0 Å². The molecular weight excluding hydrogens is 94.0 g/mol. The largest absolute Gasteiger partial charge is 0.403 e. The number of rotatable bonds is 0. The van der Waals surface area contributed by atoms with E-state index in [1.807, 2.05) is 0 Å². The van der Waals surface area contributed by atoms with E-state index < -0.39 is 0 Å². The van der Waals surface area contributed by atoms with E-state index in [0.29, 0.717) is 11.5 Å². The first kappa shape index (κ1) is 4.43. The fraction of sp³-hybridized carbons (Fsp3) is 0.750. The first-order valence-electron chi connectivity index (χ1n) is 2.23. The first-order valence-corrected chi connectivity index (χ1v) is 2.23. The van der Waals surface area contributed by atoms with Crippen molar-refractivity contribution in [3.05, 3.63) is 5.21 Å². The summed E-state index contributed by atoms with van der Waals surface area (Å²) in [5, 5.41) is 10.2. The van der Waals surface area contributed by atoms with E-state index in [9.17, 15) is 5.21 Å². The number of nitrogens with zero attached hydrogens (tertiary/aromatic N) is 1. The van der Waals surface area contributed by atoms with Crippen LogP contribution in [0, 0.1) is 5.21 Å². The number of hydrogen-bond acceptors (Lipinski definition) is 2. The zero-order chi connectivity index (χ0) is 5.28. The lowest BCUT2D eigenvalue weighted by Gasteiger charge is -1.90. The van der Waals surface area contributed by atoms with Gasteiger partial charge < -0.3 is 4.84 Å². The van der Waals surface area contributed by atoms with E-state index in [4.69, 9.17) is 0 Å². The second-order valence-electron chi connectivity index (χ2n) is 1.58. The minimum atomic E-state index is 0.551. The summed E-state index contributed by atoms with van der Waals surface area (Å²) in [6.45, 7) is 2.31. The van der Waals surface area contributed by atoms with Gasteiger partial charge in [0.2, 0.25) is 5.71 Å². The molecule has 0 aromatic rings. The van der Waals surface area contributed by atoms with Crippen molar-refractivity contribution in [1.82, 2.24) is 0 Å². The zero-order valence-corrected chi connectivity index (χ0v) is 4.18. The van der Waals surface area contributed by atoms with Crippen molar-refractivity contribution >= 4 is 5.71 Å².